The van der Waals surface area contributed by atoms with E-state index < -0.39 is 11.9 Å². The summed E-state index contributed by atoms with van der Waals surface area (Å²) in [5, 5.41) is 12.0. The molecule has 0 saturated carbocycles. The molecule has 106 valence electrons. The molecule has 2 aliphatic heterocycles. The van der Waals surface area contributed by atoms with Gasteiger partial charge in [0.15, 0.2) is 0 Å². The fourth-order valence-electron chi connectivity index (χ4n) is 3.21. The lowest BCUT2D eigenvalue weighted by Gasteiger charge is -2.29. The molecule has 0 aliphatic carbocycles. The average molecular weight is 274 g/mol. The van der Waals surface area contributed by atoms with Crippen LogP contribution in [0.15, 0.2) is 18.2 Å². The number of aliphatic carboxylic acids is 1. The van der Waals surface area contributed by atoms with Crippen LogP contribution < -0.4 is 10.2 Å². The van der Waals surface area contributed by atoms with Gasteiger partial charge in [0.05, 0.1) is 5.92 Å². The van der Waals surface area contributed by atoms with Crippen molar-refractivity contribution in [2.24, 2.45) is 5.92 Å². The summed E-state index contributed by atoms with van der Waals surface area (Å²) in [4.78, 5) is 25.2. The quantitative estimate of drug-likeness (QED) is 0.843. The van der Waals surface area contributed by atoms with E-state index in [1.807, 2.05) is 12.1 Å². The van der Waals surface area contributed by atoms with Crippen LogP contribution in [0.5, 0.6) is 0 Å². The van der Waals surface area contributed by atoms with Gasteiger partial charge in [0.1, 0.15) is 0 Å². The predicted octanol–water partition coefficient (Wildman–Crippen LogP) is 0.983. The number of fused-ring (bicyclic) bond motifs is 1. The Morgan fingerprint density at radius 2 is 2.25 bits per heavy atom. The van der Waals surface area contributed by atoms with E-state index in [4.69, 9.17) is 0 Å². The van der Waals surface area contributed by atoms with E-state index in [1.54, 1.807) is 0 Å². The third-order valence-corrected chi connectivity index (χ3v) is 4.39. The maximum absolute atomic E-state index is 11.6. The second kappa shape index (κ2) is 4.81. The number of carbonyl (C=O) groups excluding carboxylic acids is 1. The summed E-state index contributed by atoms with van der Waals surface area (Å²) in [7, 11) is 2.06. The van der Waals surface area contributed by atoms with Gasteiger partial charge in [0.2, 0.25) is 5.91 Å². The van der Waals surface area contributed by atoms with E-state index >= 15 is 0 Å². The van der Waals surface area contributed by atoms with Crippen molar-refractivity contribution in [1.82, 2.24) is 5.32 Å². The van der Waals surface area contributed by atoms with Crippen LogP contribution in [-0.2, 0) is 16.0 Å². The standard InChI is InChI=1S/C15H18N2O3/c1-17-5-4-10-6-9(2-3-13(10)17)11-7-14(18)16-8-12(11)15(19)20/h2-3,6,11-12H,4-5,7-8H2,1H3,(H,16,18)(H,19,20). The smallest absolute Gasteiger partial charge is 0.308 e. The van der Waals surface area contributed by atoms with Crippen molar-refractivity contribution >= 4 is 17.6 Å². The maximum Gasteiger partial charge on any atom is 0.308 e. The summed E-state index contributed by atoms with van der Waals surface area (Å²) >= 11 is 0. The van der Waals surface area contributed by atoms with Crippen molar-refractivity contribution in [3.8, 4) is 0 Å². The molecule has 2 atom stereocenters. The molecule has 2 aliphatic rings. The number of likely N-dealkylation sites (N-methyl/N-ethyl adjacent to an activating group) is 1. The van der Waals surface area contributed by atoms with Gasteiger partial charge in [-0.1, -0.05) is 12.1 Å². The number of amides is 1. The molecule has 1 fully saturated rings. The molecule has 1 amide bonds. The minimum Gasteiger partial charge on any atom is -0.481 e. The number of nitrogens with zero attached hydrogens (tertiary/aromatic N) is 1. The first kappa shape index (κ1) is 13.0. The number of anilines is 1. The molecule has 3 rings (SSSR count). The van der Waals surface area contributed by atoms with Gasteiger partial charge in [0.25, 0.3) is 0 Å². The Bertz CT molecular complexity index is 570. The highest BCUT2D eigenvalue weighted by Gasteiger charge is 2.35. The Morgan fingerprint density at radius 3 is 3.00 bits per heavy atom. The Morgan fingerprint density at radius 1 is 1.45 bits per heavy atom. The SMILES string of the molecule is CN1CCc2cc(C3CC(=O)NCC3C(=O)O)ccc21. The predicted molar refractivity (Wildman–Crippen MR) is 74.9 cm³/mol. The molecule has 5 nitrogen and oxygen atoms in total. The molecule has 1 aromatic carbocycles. The summed E-state index contributed by atoms with van der Waals surface area (Å²) < 4.78 is 0. The number of piperidine rings is 1. The highest BCUT2D eigenvalue weighted by Crippen LogP contribution is 2.35. The first-order valence-corrected chi connectivity index (χ1v) is 6.89. The summed E-state index contributed by atoms with van der Waals surface area (Å²) in [6.45, 7) is 1.21. The summed E-state index contributed by atoms with van der Waals surface area (Å²) in [5.74, 6) is -1.67. The second-order valence-electron chi connectivity index (χ2n) is 5.62. The molecule has 0 bridgehead atoms. The molecule has 2 heterocycles. The zero-order valence-electron chi connectivity index (χ0n) is 11.4. The monoisotopic (exact) mass is 274 g/mol. The van der Waals surface area contributed by atoms with E-state index in [2.05, 4.69) is 23.3 Å². The molecule has 0 spiro atoms. The van der Waals surface area contributed by atoms with Gasteiger partial charge < -0.3 is 15.3 Å². The third-order valence-electron chi connectivity index (χ3n) is 4.39. The number of nitrogens with one attached hydrogen (secondary N) is 1. The minimum atomic E-state index is -0.840. The lowest BCUT2D eigenvalue weighted by atomic mass is 9.80. The summed E-state index contributed by atoms with van der Waals surface area (Å²) in [5.41, 5.74) is 3.43. The zero-order valence-corrected chi connectivity index (χ0v) is 11.4. The van der Waals surface area contributed by atoms with E-state index in [1.165, 1.54) is 11.3 Å². The topological polar surface area (TPSA) is 69.6 Å². The molecule has 0 aromatic heterocycles. The van der Waals surface area contributed by atoms with Gasteiger partial charge in [-0.15, -0.1) is 0 Å². The van der Waals surface area contributed by atoms with Gasteiger partial charge in [-0.3, -0.25) is 9.59 Å². The van der Waals surface area contributed by atoms with E-state index in [9.17, 15) is 14.7 Å². The van der Waals surface area contributed by atoms with Gasteiger partial charge in [0, 0.05) is 38.2 Å². The van der Waals surface area contributed by atoms with Crippen LogP contribution in [0.1, 0.15) is 23.5 Å². The van der Waals surface area contributed by atoms with Crippen LogP contribution in [-0.4, -0.2) is 37.1 Å². The number of carbonyl (C=O) groups is 2. The fraction of sp³-hybridized carbons (Fsp3) is 0.467. The van der Waals surface area contributed by atoms with Crippen molar-refractivity contribution in [1.29, 1.82) is 0 Å². The first-order valence-electron chi connectivity index (χ1n) is 6.89. The van der Waals surface area contributed by atoms with Crippen molar-refractivity contribution < 1.29 is 14.7 Å². The molecule has 20 heavy (non-hydrogen) atoms. The number of carboxylic acid groups (broad SMARTS) is 1. The Balaban J connectivity index is 1.94. The third kappa shape index (κ3) is 2.13. The minimum absolute atomic E-state index is 0.0647. The highest BCUT2D eigenvalue weighted by molar-refractivity contribution is 5.82. The molecule has 5 heteroatoms. The Kier molecular flexibility index (Phi) is 3.12. The number of rotatable bonds is 2. The van der Waals surface area contributed by atoms with Crippen molar-refractivity contribution in [2.75, 3.05) is 25.0 Å². The van der Waals surface area contributed by atoms with Crippen LogP contribution in [0.3, 0.4) is 0 Å². The number of hydrogen-bond donors (Lipinski definition) is 2. The zero-order chi connectivity index (χ0) is 14.3. The average Bonchev–Trinajstić information content (AvgIpc) is 2.79. The molecular weight excluding hydrogens is 256 g/mol. The lowest BCUT2D eigenvalue weighted by Crippen LogP contribution is -2.43. The van der Waals surface area contributed by atoms with Gasteiger partial charge in [-0.25, -0.2) is 0 Å². The second-order valence-corrected chi connectivity index (χ2v) is 5.62. The van der Waals surface area contributed by atoms with Crippen LogP contribution in [0, 0.1) is 5.92 Å². The van der Waals surface area contributed by atoms with Gasteiger partial charge in [-0.05, 0) is 23.6 Å². The van der Waals surface area contributed by atoms with Crippen LogP contribution in [0.2, 0.25) is 0 Å². The first-order chi connectivity index (χ1) is 9.56. The maximum atomic E-state index is 11.6. The molecular formula is C15H18N2O3. The van der Waals surface area contributed by atoms with Crippen molar-refractivity contribution in [3.63, 3.8) is 0 Å². The molecule has 2 N–H and O–H groups in total. The number of benzene rings is 1. The largest absolute Gasteiger partial charge is 0.481 e. The highest BCUT2D eigenvalue weighted by atomic mass is 16.4. The lowest BCUT2D eigenvalue weighted by molar-refractivity contribution is -0.144. The van der Waals surface area contributed by atoms with Gasteiger partial charge >= 0.3 is 5.97 Å². The molecule has 1 saturated heterocycles. The Hall–Kier alpha value is -2.04. The summed E-state index contributed by atoms with van der Waals surface area (Å²) in [6.07, 6.45) is 1.24. The Labute approximate surface area is 117 Å². The van der Waals surface area contributed by atoms with Crippen LogP contribution >= 0.6 is 0 Å². The number of carboxylic acids is 1. The van der Waals surface area contributed by atoms with Crippen molar-refractivity contribution in [2.45, 2.75) is 18.8 Å². The molecule has 1 aromatic rings. The van der Waals surface area contributed by atoms with Crippen molar-refractivity contribution in [3.05, 3.63) is 29.3 Å². The van der Waals surface area contributed by atoms with Crippen LogP contribution in [0.25, 0.3) is 0 Å². The van der Waals surface area contributed by atoms with E-state index in [0.717, 1.165) is 18.5 Å². The van der Waals surface area contributed by atoms with E-state index in [-0.39, 0.29) is 24.8 Å². The summed E-state index contributed by atoms with van der Waals surface area (Å²) in [6, 6.07) is 6.10. The number of hydrogen-bond acceptors (Lipinski definition) is 3. The fourth-order valence-corrected chi connectivity index (χ4v) is 3.21. The molecule has 2 unspecified atom stereocenters. The van der Waals surface area contributed by atoms with Gasteiger partial charge in [-0.2, -0.15) is 0 Å². The van der Waals surface area contributed by atoms with E-state index in [0.29, 0.717) is 0 Å². The van der Waals surface area contributed by atoms with Crippen LogP contribution in [0.4, 0.5) is 5.69 Å². The molecule has 0 radical (unpaired) electrons. The normalized spacial score (nSPS) is 25.2.